The Morgan fingerprint density at radius 1 is 1.33 bits per heavy atom. The number of hydrogen-bond donors (Lipinski definition) is 1. The molecule has 2 amide bonds. The first-order chi connectivity index (χ1) is 9.74. The van der Waals surface area contributed by atoms with Crippen molar-refractivity contribution < 1.29 is 9.59 Å². The highest BCUT2D eigenvalue weighted by Crippen LogP contribution is 2.44. The van der Waals surface area contributed by atoms with Crippen LogP contribution in [-0.2, 0) is 9.59 Å². The lowest BCUT2D eigenvalue weighted by molar-refractivity contribution is -0.153. The molecule has 0 aromatic carbocycles. The molecule has 1 heterocycles. The van der Waals surface area contributed by atoms with Gasteiger partial charge in [-0.15, -0.1) is 0 Å². The number of hydrogen-bond acceptors (Lipinski definition) is 3. The van der Waals surface area contributed by atoms with E-state index in [2.05, 4.69) is 11.6 Å². The van der Waals surface area contributed by atoms with Gasteiger partial charge >= 0.3 is 0 Å². The van der Waals surface area contributed by atoms with Crippen LogP contribution in [0.25, 0.3) is 0 Å². The third kappa shape index (κ3) is 3.08. The molecule has 0 aromatic rings. The molecule has 2 unspecified atom stereocenters. The summed E-state index contributed by atoms with van der Waals surface area (Å²) in [4.78, 5) is 27.2. The smallest absolute Gasteiger partial charge is 0.246 e. The number of nitrogens with zero attached hydrogens (tertiary/aromatic N) is 1. The molecule has 1 aliphatic heterocycles. The molecule has 0 bridgehead atoms. The number of piperazine rings is 1. The van der Waals surface area contributed by atoms with E-state index in [1.165, 1.54) is 6.42 Å². The fourth-order valence-electron chi connectivity index (χ4n) is 3.25. The van der Waals surface area contributed by atoms with E-state index in [1.54, 1.807) is 0 Å². The molecular weight excluding hydrogens is 284 g/mol. The fraction of sp³-hybridized carbons (Fsp3) is 0.875. The molecule has 0 spiro atoms. The highest BCUT2D eigenvalue weighted by atomic mass is 32.2. The summed E-state index contributed by atoms with van der Waals surface area (Å²) in [7, 11) is 0. The summed E-state index contributed by atoms with van der Waals surface area (Å²) in [6.45, 7) is 8.72. The minimum Gasteiger partial charge on any atom is -0.342 e. The summed E-state index contributed by atoms with van der Waals surface area (Å²) >= 11 is 1.85. The van der Waals surface area contributed by atoms with E-state index in [4.69, 9.17) is 0 Å². The summed E-state index contributed by atoms with van der Waals surface area (Å²) in [5, 5.41) is 2.94. The molecule has 1 saturated heterocycles. The van der Waals surface area contributed by atoms with Gasteiger partial charge in [-0.2, -0.15) is 11.8 Å². The number of nitrogens with one attached hydrogen (secondary N) is 1. The lowest BCUT2D eigenvalue weighted by Crippen LogP contribution is -2.68. The van der Waals surface area contributed by atoms with Crippen molar-refractivity contribution in [2.24, 2.45) is 5.41 Å². The maximum atomic E-state index is 12.9. The molecule has 1 N–H and O–H groups in total. The van der Waals surface area contributed by atoms with E-state index in [1.807, 2.05) is 44.4 Å². The van der Waals surface area contributed by atoms with Crippen LogP contribution in [0.2, 0.25) is 0 Å². The largest absolute Gasteiger partial charge is 0.342 e. The molecule has 2 aliphatic rings. The summed E-state index contributed by atoms with van der Waals surface area (Å²) in [6, 6.07) is -0.715. The van der Waals surface area contributed by atoms with Crippen molar-refractivity contribution in [2.75, 3.05) is 12.8 Å². The van der Waals surface area contributed by atoms with Crippen molar-refractivity contribution in [1.82, 2.24) is 10.2 Å². The van der Waals surface area contributed by atoms with Crippen molar-refractivity contribution in [3.63, 3.8) is 0 Å². The van der Waals surface area contributed by atoms with Gasteiger partial charge in [0.1, 0.15) is 12.1 Å². The van der Waals surface area contributed by atoms with E-state index in [0.717, 1.165) is 12.8 Å². The third-order valence-electron chi connectivity index (χ3n) is 4.90. The molecule has 21 heavy (non-hydrogen) atoms. The van der Waals surface area contributed by atoms with Crippen LogP contribution in [-0.4, -0.2) is 46.3 Å². The maximum Gasteiger partial charge on any atom is 0.246 e. The van der Waals surface area contributed by atoms with Gasteiger partial charge in [-0.25, -0.2) is 0 Å². The molecule has 1 saturated carbocycles. The van der Waals surface area contributed by atoms with Crippen molar-refractivity contribution in [2.45, 2.75) is 70.2 Å². The summed E-state index contributed by atoms with van der Waals surface area (Å²) in [5.74, 6) is 0.0990. The van der Waals surface area contributed by atoms with E-state index in [-0.39, 0.29) is 28.0 Å². The Balaban J connectivity index is 2.25. The number of carbonyl (C=O) groups excluding carboxylic acids is 2. The topological polar surface area (TPSA) is 49.4 Å². The van der Waals surface area contributed by atoms with Crippen molar-refractivity contribution in [3.8, 4) is 0 Å². The summed E-state index contributed by atoms with van der Waals surface area (Å²) < 4.78 is 0.170. The molecule has 4 nitrogen and oxygen atoms in total. The summed E-state index contributed by atoms with van der Waals surface area (Å²) in [6.07, 6.45) is 6.33. The second-order valence-electron chi connectivity index (χ2n) is 7.44. The molecule has 2 fully saturated rings. The van der Waals surface area contributed by atoms with Crippen LogP contribution in [0.15, 0.2) is 0 Å². The van der Waals surface area contributed by atoms with E-state index >= 15 is 0 Å². The Kier molecular flexibility index (Phi) is 4.62. The molecule has 5 heteroatoms. The predicted molar refractivity (Wildman–Crippen MR) is 87.3 cm³/mol. The first-order valence-corrected chi connectivity index (χ1v) is 9.12. The lowest BCUT2D eigenvalue weighted by atomic mass is 9.80. The van der Waals surface area contributed by atoms with Gasteiger partial charge in [0.05, 0.1) is 0 Å². The molecule has 0 radical (unpaired) electrons. The Morgan fingerprint density at radius 3 is 2.33 bits per heavy atom. The average Bonchev–Trinajstić information content (AvgIpc) is 2.36. The standard InChI is InChI=1S/C16H28N2O2S/c1-6-11-13(19)17-12(15(2,3)4)14(20)18(11)10-16(21-5)8-7-9-16/h11-12H,6-10H2,1-5H3,(H,17,19). The Hall–Kier alpha value is -0.710. The number of rotatable bonds is 4. The second-order valence-corrected chi connectivity index (χ2v) is 8.71. The first-order valence-electron chi connectivity index (χ1n) is 7.90. The molecule has 1 aliphatic carbocycles. The Labute approximate surface area is 132 Å². The van der Waals surface area contributed by atoms with Gasteiger partial charge in [-0.3, -0.25) is 9.59 Å². The Bertz CT molecular complexity index is 421. The first kappa shape index (κ1) is 16.7. The molecule has 0 aromatic heterocycles. The molecule has 120 valence electrons. The Morgan fingerprint density at radius 2 is 1.95 bits per heavy atom. The molecule has 2 rings (SSSR count). The van der Waals surface area contributed by atoms with Crippen LogP contribution < -0.4 is 5.32 Å². The highest BCUT2D eigenvalue weighted by Gasteiger charge is 2.48. The van der Waals surface area contributed by atoms with Gasteiger partial charge in [0.2, 0.25) is 11.8 Å². The average molecular weight is 312 g/mol. The van der Waals surface area contributed by atoms with E-state index in [9.17, 15) is 9.59 Å². The van der Waals surface area contributed by atoms with Gasteiger partial charge in [0, 0.05) is 11.3 Å². The normalized spacial score (nSPS) is 29.1. The van der Waals surface area contributed by atoms with E-state index < -0.39 is 6.04 Å². The highest BCUT2D eigenvalue weighted by molar-refractivity contribution is 8.00. The van der Waals surface area contributed by atoms with Gasteiger partial charge in [-0.05, 0) is 30.9 Å². The van der Waals surface area contributed by atoms with Gasteiger partial charge in [0.15, 0.2) is 0 Å². The SMILES string of the molecule is CCC1C(=O)NC(C(C)(C)C)C(=O)N1CC1(SC)CCC1. The van der Waals surface area contributed by atoms with Crippen LogP contribution in [0.3, 0.4) is 0 Å². The minimum atomic E-state index is -0.410. The second kappa shape index (κ2) is 5.82. The zero-order valence-corrected chi connectivity index (χ0v) is 14.7. The molecule has 2 atom stereocenters. The maximum absolute atomic E-state index is 12.9. The van der Waals surface area contributed by atoms with Crippen molar-refractivity contribution in [1.29, 1.82) is 0 Å². The number of carbonyl (C=O) groups is 2. The van der Waals surface area contributed by atoms with Gasteiger partial charge in [-0.1, -0.05) is 34.1 Å². The zero-order valence-electron chi connectivity index (χ0n) is 13.9. The quantitative estimate of drug-likeness (QED) is 0.867. The lowest BCUT2D eigenvalue weighted by Gasteiger charge is -2.49. The fourth-order valence-corrected chi connectivity index (χ4v) is 4.22. The predicted octanol–water partition coefficient (Wildman–Crippen LogP) is 2.42. The van der Waals surface area contributed by atoms with Crippen LogP contribution in [0.5, 0.6) is 0 Å². The minimum absolute atomic E-state index is 0.00704. The third-order valence-corrected chi connectivity index (χ3v) is 6.31. The van der Waals surface area contributed by atoms with Crippen LogP contribution in [0, 0.1) is 5.41 Å². The van der Waals surface area contributed by atoms with E-state index in [0.29, 0.717) is 13.0 Å². The van der Waals surface area contributed by atoms with Crippen LogP contribution in [0.1, 0.15) is 53.4 Å². The monoisotopic (exact) mass is 312 g/mol. The van der Waals surface area contributed by atoms with Gasteiger partial charge in [0.25, 0.3) is 0 Å². The summed E-state index contributed by atoms with van der Waals surface area (Å²) in [5.41, 5.74) is -0.254. The van der Waals surface area contributed by atoms with Crippen LogP contribution in [0.4, 0.5) is 0 Å². The van der Waals surface area contributed by atoms with Gasteiger partial charge < -0.3 is 10.2 Å². The van der Waals surface area contributed by atoms with Crippen molar-refractivity contribution >= 4 is 23.6 Å². The molecular formula is C16H28N2O2S. The number of thioether (sulfide) groups is 1. The number of amides is 2. The zero-order chi connectivity index (χ0) is 15.8. The van der Waals surface area contributed by atoms with Crippen molar-refractivity contribution in [3.05, 3.63) is 0 Å². The van der Waals surface area contributed by atoms with Crippen LogP contribution >= 0.6 is 11.8 Å².